The number of aromatic nitrogens is 1. The summed E-state index contributed by atoms with van der Waals surface area (Å²) < 4.78 is 11.3. The molecule has 0 amide bonds. The molecule has 3 aromatic rings. The molecule has 130 valence electrons. The highest BCUT2D eigenvalue weighted by Gasteiger charge is 2.08. The molecular weight excluding hydrogens is 379 g/mol. The molecule has 25 heavy (non-hydrogen) atoms. The van der Waals surface area contributed by atoms with Crippen molar-refractivity contribution in [3.63, 3.8) is 0 Å². The van der Waals surface area contributed by atoms with Crippen molar-refractivity contribution in [1.29, 1.82) is 0 Å². The van der Waals surface area contributed by atoms with E-state index in [2.05, 4.69) is 10.3 Å². The van der Waals surface area contributed by atoms with Gasteiger partial charge in [-0.15, -0.1) is 11.3 Å². The molecule has 0 bridgehead atoms. The van der Waals surface area contributed by atoms with Crippen LogP contribution in [0.2, 0.25) is 10.0 Å². The van der Waals surface area contributed by atoms with Gasteiger partial charge in [-0.05, 0) is 35.4 Å². The summed E-state index contributed by atoms with van der Waals surface area (Å²) in [6.07, 6.45) is 1.77. The van der Waals surface area contributed by atoms with Gasteiger partial charge in [-0.1, -0.05) is 35.3 Å². The lowest BCUT2D eigenvalue weighted by Crippen LogP contribution is -2.01. The van der Waals surface area contributed by atoms with Gasteiger partial charge in [0.25, 0.3) is 0 Å². The van der Waals surface area contributed by atoms with Crippen LogP contribution >= 0.6 is 34.5 Å². The van der Waals surface area contributed by atoms with E-state index in [9.17, 15) is 0 Å². The molecule has 0 radical (unpaired) electrons. The monoisotopic (exact) mass is 394 g/mol. The van der Waals surface area contributed by atoms with Crippen molar-refractivity contribution in [2.75, 3.05) is 12.4 Å². The molecule has 0 unspecified atom stereocenters. The van der Waals surface area contributed by atoms with E-state index in [1.165, 1.54) is 0 Å². The van der Waals surface area contributed by atoms with Gasteiger partial charge in [-0.2, -0.15) is 0 Å². The Morgan fingerprint density at radius 2 is 1.88 bits per heavy atom. The molecule has 4 nitrogen and oxygen atoms in total. The normalized spacial score (nSPS) is 10.5. The fraction of sp³-hybridized carbons (Fsp3) is 0.167. The maximum Gasteiger partial charge on any atom is 0.182 e. The number of ether oxygens (including phenoxy) is 2. The zero-order valence-electron chi connectivity index (χ0n) is 13.5. The van der Waals surface area contributed by atoms with Crippen LogP contribution < -0.4 is 14.8 Å². The molecule has 2 aromatic carbocycles. The summed E-state index contributed by atoms with van der Waals surface area (Å²) in [6.45, 7) is 1.04. The first-order chi connectivity index (χ1) is 12.2. The Labute approximate surface area is 160 Å². The van der Waals surface area contributed by atoms with Crippen LogP contribution in [-0.4, -0.2) is 12.1 Å². The molecule has 1 N–H and O–H groups in total. The fourth-order valence-corrected chi connectivity index (χ4v) is 3.07. The Morgan fingerprint density at radius 1 is 1.04 bits per heavy atom. The van der Waals surface area contributed by atoms with Gasteiger partial charge in [0.2, 0.25) is 0 Å². The Hall–Kier alpha value is -1.95. The summed E-state index contributed by atoms with van der Waals surface area (Å²) >= 11 is 13.5. The second kappa shape index (κ2) is 8.43. The zero-order chi connectivity index (χ0) is 17.6. The lowest BCUT2D eigenvalue weighted by molar-refractivity contribution is 0.284. The molecule has 0 spiro atoms. The zero-order valence-corrected chi connectivity index (χ0v) is 15.8. The average Bonchev–Trinajstić information content (AvgIpc) is 3.15. The lowest BCUT2D eigenvalue weighted by Gasteiger charge is -2.13. The second-order valence-electron chi connectivity index (χ2n) is 5.21. The highest BCUT2D eigenvalue weighted by atomic mass is 35.5. The van der Waals surface area contributed by atoms with Crippen LogP contribution in [-0.2, 0) is 13.2 Å². The summed E-state index contributed by atoms with van der Waals surface area (Å²) in [6, 6.07) is 11.3. The summed E-state index contributed by atoms with van der Waals surface area (Å²) in [4.78, 5) is 4.20. The van der Waals surface area contributed by atoms with Crippen LogP contribution in [0.3, 0.4) is 0 Å². The summed E-state index contributed by atoms with van der Waals surface area (Å²) in [5, 5.41) is 7.13. The largest absolute Gasteiger partial charge is 0.493 e. The minimum atomic E-state index is 0.379. The van der Waals surface area contributed by atoms with Crippen molar-refractivity contribution in [3.05, 3.63) is 69.1 Å². The van der Waals surface area contributed by atoms with Gasteiger partial charge >= 0.3 is 0 Å². The van der Waals surface area contributed by atoms with E-state index in [0.717, 1.165) is 16.3 Å². The van der Waals surface area contributed by atoms with Crippen molar-refractivity contribution >= 4 is 39.7 Å². The van der Waals surface area contributed by atoms with Crippen LogP contribution in [0, 0.1) is 0 Å². The number of nitrogens with zero attached hydrogens (tertiary/aromatic N) is 1. The van der Waals surface area contributed by atoms with Crippen molar-refractivity contribution in [2.24, 2.45) is 0 Å². The predicted molar refractivity (Wildman–Crippen MR) is 103 cm³/mol. The molecular formula is C18H16Cl2N2O2S. The standard InChI is InChI=1S/C18H16Cl2N2O2S/c1-23-17-9-12(10-22-18-21-6-7-25-18)3-5-16(17)24-11-13-2-4-14(19)15(20)8-13/h2-9H,10-11H2,1H3,(H,21,22). The van der Waals surface area contributed by atoms with Gasteiger partial charge in [0.15, 0.2) is 16.6 Å². The maximum atomic E-state index is 6.03. The highest BCUT2D eigenvalue weighted by molar-refractivity contribution is 7.13. The van der Waals surface area contributed by atoms with Gasteiger partial charge in [0, 0.05) is 18.1 Å². The summed E-state index contributed by atoms with van der Waals surface area (Å²) in [5.74, 6) is 1.35. The Balaban J connectivity index is 1.65. The molecule has 1 heterocycles. The molecule has 0 saturated carbocycles. The molecule has 0 atom stereocenters. The number of hydrogen-bond donors (Lipinski definition) is 1. The number of halogens is 2. The van der Waals surface area contributed by atoms with Crippen molar-refractivity contribution in [3.8, 4) is 11.5 Å². The minimum Gasteiger partial charge on any atom is -0.493 e. The van der Waals surface area contributed by atoms with Gasteiger partial charge in [-0.25, -0.2) is 4.98 Å². The summed E-state index contributed by atoms with van der Waals surface area (Å²) in [7, 11) is 1.62. The third-order valence-corrected chi connectivity index (χ3v) is 4.95. The molecule has 0 fully saturated rings. The first-order valence-corrected chi connectivity index (χ1v) is 9.16. The highest BCUT2D eigenvalue weighted by Crippen LogP contribution is 2.30. The van der Waals surface area contributed by atoms with Crippen LogP contribution in [0.25, 0.3) is 0 Å². The van der Waals surface area contributed by atoms with Gasteiger partial charge in [0.1, 0.15) is 6.61 Å². The molecule has 3 rings (SSSR count). The van der Waals surface area contributed by atoms with Crippen molar-refractivity contribution in [2.45, 2.75) is 13.2 Å². The first-order valence-electron chi connectivity index (χ1n) is 7.52. The third kappa shape index (κ3) is 4.78. The Morgan fingerprint density at radius 3 is 2.60 bits per heavy atom. The van der Waals surface area contributed by atoms with E-state index in [1.54, 1.807) is 36.8 Å². The predicted octanol–water partition coefficient (Wildman–Crippen LogP) is 5.65. The fourth-order valence-electron chi connectivity index (χ4n) is 2.22. The van der Waals surface area contributed by atoms with E-state index in [-0.39, 0.29) is 0 Å². The van der Waals surface area contributed by atoms with Gasteiger partial charge < -0.3 is 14.8 Å². The van der Waals surface area contributed by atoms with E-state index in [0.29, 0.717) is 34.7 Å². The number of methoxy groups -OCH3 is 1. The summed E-state index contributed by atoms with van der Waals surface area (Å²) in [5.41, 5.74) is 2.01. The number of rotatable bonds is 7. The maximum absolute atomic E-state index is 6.03. The Bertz CT molecular complexity index is 841. The van der Waals surface area contributed by atoms with E-state index in [1.807, 2.05) is 29.6 Å². The molecule has 0 aliphatic rings. The average molecular weight is 395 g/mol. The van der Waals surface area contributed by atoms with Crippen LogP contribution in [0.4, 0.5) is 5.13 Å². The lowest BCUT2D eigenvalue weighted by atomic mass is 10.2. The number of thiazole rings is 1. The third-order valence-electron chi connectivity index (χ3n) is 3.48. The van der Waals surface area contributed by atoms with Gasteiger partial charge in [0.05, 0.1) is 17.2 Å². The van der Waals surface area contributed by atoms with Crippen molar-refractivity contribution in [1.82, 2.24) is 4.98 Å². The number of benzene rings is 2. The minimum absolute atomic E-state index is 0.379. The molecule has 0 aliphatic carbocycles. The smallest absolute Gasteiger partial charge is 0.182 e. The van der Waals surface area contributed by atoms with Crippen molar-refractivity contribution < 1.29 is 9.47 Å². The van der Waals surface area contributed by atoms with E-state index >= 15 is 0 Å². The molecule has 1 aromatic heterocycles. The number of hydrogen-bond acceptors (Lipinski definition) is 5. The van der Waals surface area contributed by atoms with E-state index < -0.39 is 0 Å². The van der Waals surface area contributed by atoms with Gasteiger partial charge in [-0.3, -0.25) is 0 Å². The topological polar surface area (TPSA) is 43.4 Å². The molecule has 7 heteroatoms. The van der Waals surface area contributed by atoms with Crippen LogP contribution in [0.15, 0.2) is 48.0 Å². The molecule has 0 aliphatic heterocycles. The molecule has 0 saturated heterocycles. The Kier molecular flexibility index (Phi) is 6.02. The van der Waals surface area contributed by atoms with E-state index in [4.69, 9.17) is 32.7 Å². The number of nitrogens with one attached hydrogen (secondary N) is 1. The SMILES string of the molecule is COc1cc(CNc2nccs2)ccc1OCc1ccc(Cl)c(Cl)c1. The van der Waals surface area contributed by atoms with Crippen LogP contribution in [0.1, 0.15) is 11.1 Å². The first kappa shape index (κ1) is 17.9. The van der Waals surface area contributed by atoms with Crippen LogP contribution in [0.5, 0.6) is 11.5 Å². The quantitative estimate of drug-likeness (QED) is 0.562. The number of anilines is 1. The second-order valence-corrected chi connectivity index (χ2v) is 6.92.